The molecule has 0 saturated heterocycles. The van der Waals surface area contributed by atoms with Gasteiger partial charge in [0.15, 0.2) is 0 Å². The highest BCUT2D eigenvalue weighted by molar-refractivity contribution is 7.09. The molecule has 0 fully saturated rings. The molecule has 0 saturated carbocycles. The van der Waals surface area contributed by atoms with E-state index in [1.807, 2.05) is 11.6 Å². The van der Waals surface area contributed by atoms with E-state index in [0.29, 0.717) is 6.04 Å². The van der Waals surface area contributed by atoms with Crippen molar-refractivity contribution in [3.63, 3.8) is 0 Å². The molecule has 2 aromatic rings. The molecule has 2 heterocycles. The molecule has 2 nitrogen and oxygen atoms in total. The van der Waals surface area contributed by atoms with Crippen LogP contribution < -0.4 is 5.32 Å². The topological polar surface area (TPSA) is 24.9 Å². The van der Waals surface area contributed by atoms with E-state index in [2.05, 4.69) is 34.1 Å². The van der Waals surface area contributed by atoms with E-state index in [1.54, 1.807) is 22.7 Å². The third-order valence-electron chi connectivity index (χ3n) is 2.29. The van der Waals surface area contributed by atoms with Gasteiger partial charge in [-0.05, 0) is 28.8 Å². The summed E-state index contributed by atoms with van der Waals surface area (Å²) in [6.45, 7) is 3.12. The summed E-state index contributed by atoms with van der Waals surface area (Å²) in [4.78, 5) is 4.35. The molecule has 4 heteroatoms. The van der Waals surface area contributed by atoms with Crippen molar-refractivity contribution in [1.82, 2.24) is 10.3 Å². The fourth-order valence-electron chi connectivity index (χ4n) is 1.45. The van der Waals surface area contributed by atoms with Gasteiger partial charge in [0.05, 0.1) is 6.04 Å². The van der Waals surface area contributed by atoms with Crippen LogP contribution in [-0.2, 0) is 6.54 Å². The smallest absolute Gasteiger partial charge is 0.109 e. The van der Waals surface area contributed by atoms with E-state index < -0.39 is 0 Å². The Bertz CT molecular complexity index is 367. The van der Waals surface area contributed by atoms with E-state index in [9.17, 15) is 0 Å². The fraction of sp³-hybridized carbons (Fsp3) is 0.364. The Labute approximate surface area is 98.0 Å². The number of nitrogens with zero attached hydrogens (tertiary/aromatic N) is 1. The van der Waals surface area contributed by atoms with E-state index in [1.165, 1.54) is 10.6 Å². The molecule has 1 atom stereocenters. The van der Waals surface area contributed by atoms with Crippen LogP contribution in [0.4, 0.5) is 0 Å². The van der Waals surface area contributed by atoms with Gasteiger partial charge in [0.1, 0.15) is 5.01 Å². The van der Waals surface area contributed by atoms with Gasteiger partial charge in [-0.1, -0.05) is 6.92 Å². The van der Waals surface area contributed by atoms with Gasteiger partial charge in [0.2, 0.25) is 0 Å². The maximum Gasteiger partial charge on any atom is 0.109 e. The first-order chi connectivity index (χ1) is 7.40. The first-order valence-electron chi connectivity index (χ1n) is 5.04. The zero-order chi connectivity index (χ0) is 10.5. The quantitative estimate of drug-likeness (QED) is 0.863. The second-order valence-electron chi connectivity index (χ2n) is 3.34. The zero-order valence-electron chi connectivity index (χ0n) is 8.64. The lowest BCUT2D eigenvalue weighted by molar-refractivity contribution is 0.517. The lowest BCUT2D eigenvalue weighted by Gasteiger charge is -2.13. The van der Waals surface area contributed by atoms with Crippen molar-refractivity contribution in [3.8, 4) is 0 Å². The predicted molar refractivity (Wildman–Crippen MR) is 66.3 cm³/mol. The summed E-state index contributed by atoms with van der Waals surface area (Å²) in [6.07, 6.45) is 2.95. The summed E-state index contributed by atoms with van der Waals surface area (Å²) in [5.74, 6) is 0. The molecule has 80 valence electrons. The normalized spacial score (nSPS) is 12.9. The lowest BCUT2D eigenvalue weighted by atomic mass is 10.2. The van der Waals surface area contributed by atoms with Crippen molar-refractivity contribution < 1.29 is 0 Å². The average Bonchev–Trinajstić information content (AvgIpc) is 2.90. The molecule has 0 aliphatic heterocycles. The van der Waals surface area contributed by atoms with Crippen LogP contribution in [0.25, 0.3) is 0 Å². The number of aromatic nitrogens is 1. The summed E-state index contributed by atoms with van der Waals surface area (Å²) < 4.78 is 0. The Hall–Kier alpha value is -0.710. The largest absolute Gasteiger partial charge is 0.304 e. The highest BCUT2D eigenvalue weighted by Gasteiger charge is 2.10. The highest BCUT2D eigenvalue weighted by Crippen LogP contribution is 2.19. The Morgan fingerprint density at radius 2 is 2.40 bits per heavy atom. The van der Waals surface area contributed by atoms with Crippen LogP contribution in [0.5, 0.6) is 0 Å². The molecule has 0 bridgehead atoms. The van der Waals surface area contributed by atoms with E-state index in [0.717, 1.165) is 13.0 Å². The minimum absolute atomic E-state index is 0.393. The van der Waals surface area contributed by atoms with E-state index >= 15 is 0 Å². The van der Waals surface area contributed by atoms with E-state index in [4.69, 9.17) is 0 Å². The van der Waals surface area contributed by atoms with Gasteiger partial charge in [-0.3, -0.25) is 0 Å². The van der Waals surface area contributed by atoms with Crippen LogP contribution in [-0.4, -0.2) is 4.98 Å². The second kappa shape index (κ2) is 5.39. The monoisotopic (exact) mass is 238 g/mol. The number of hydrogen-bond acceptors (Lipinski definition) is 4. The zero-order valence-corrected chi connectivity index (χ0v) is 10.3. The molecular formula is C11H14N2S2. The van der Waals surface area contributed by atoms with Gasteiger partial charge in [0, 0.05) is 18.1 Å². The number of hydrogen-bond donors (Lipinski definition) is 1. The van der Waals surface area contributed by atoms with Crippen molar-refractivity contribution >= 4 is 22.7 Å². The standard InChI is InChI=1S/C11H14N2S2/c1-2-10(11-12-4-6-15-11)13-7-9-3-5-14-8-9/h3-6,8,10,13H,2,7H2,1H3. The van der Waals surface area contributed by atoms with Crippen molar-refractivity contribution in [2.75, 3.05) is 0 Å². The maximum atomic E-state index is 4.35. The van der Waals surface area contributed by atoms with Crippen molar-refractivity contribution in [2.24, 2.45) is 0 Å². The second-order valence-corrected chi connectivity index (χ2v) is 5.05. The van der Waals surface area contributed by atoms with Gasteiger partial charge in [-0.25, -0.2) is 4.98 Å². The molecule has 2 rings (SSSR count). The third-order valence-corrected chi connectivity index (χ3v) is 3.91. The molecular weight excluding hydrogens is 224 g/mol. The molecule has 0 aliphatic carbocycles. The first-order valence-corrected chi connectivity index (χ1v) is 6.86. The maximum absolute atomic E-state index is 4.35. The molecule has 1 N–H and O–H groups in total. The number of thiazole rings is 1. The van der Waals surface area contributed by atoms with Crippen molar-refractivity contribution in [1.29, 1.82) is 0 Å². The summed E-state index contributed by atoms with van der Waals surface area (Å²) in [5, 5.41) is 11.0. The molecule has 0 aliphatic rings. The number of rotatable bonds is 5. The third kappa shape index (κ3) is 2.87. The van der Waals surface area contributed by atoms with Crippen LogP contribution >= 0.6 is 22.7 Å². The summed E-state index contributed by atoms with van der Waals surface area (Å²) in [7, 11) is 0. The Balaban J connectivity index is 1.92. The van der Waals surface area contributed by atoms with Crippen LogP contribution in [0.2, 0.25) is 0 Å². The first kappa shape index (κ1) is 10.8. The van der Waals surface area contributed by atoms with Crippen LogP contribution in [0, 0.1) is 0 Å². The molecule has 0 spiro atoms. The average molecular weight is 238 g/mol. The molecule has 2 aromatic heterocycles. The molecule has 0 amide bonds. The Morgan fingerprint density at radius 3 is 3.00 bits per heavy atom. The van der Waals surface area contributed by atoms with Gasteiger partial charge < -0.3 is 5.32 Å². The van der Waals surface area contributed by atoms with Crippen LogP contribution in [0.15, 0.2) is 28.4 Å². The lowest BCUT2D eigenvalue weighted by Crippen LogP contribution is -2.19. The minimum Gasteiger partial charge on any atom is -0.304 e. The number of nitrogens with one attached hydrogen (secondary N) is 1. The van der Waals surface area contributed by atoms with Crippen LogP contribution in [0.1, 0.15) is 30.0 Å². The summed E-state index contributed by atoms with van der Waals surface area (Å²) in [5.41, 5.74) is 1.36. The summed E-state index contributed by atoms with van der Waals surface area (Å²) in [6, 6.07) is 2.55. The SMILES string of the molecule is CCC(NCc1ccsc1)c1nccs1. The molecule has 15 heavy (non-hydrogen) atoms. The van der Waals surface area contributed by atoms with Gasteiger partial charge >= 0.3 is 0 Å². The van der Waals surface area contributed by atoms with E-state index in [-0.39, 0.29) is 0 Å². The molecule has 1 unspecified atom stereocenters. The molecule has 0 aromatic carbocycles. The van der Waals surface area contributed by atoms with Gasteiger partial charge in [0.25, 0.3) is 0 Å². The predicted octanol–water partition coefficient (Wildman–Crippen LogP) is 3.45. The van der Waals surface area contributed by atoms with Gasteiger partial charge in [-0.15, -0.1) is 11.3 Å². The Kier molecular flexibility index (Phi) is 3.88. The van der Waals surface area contributed by atoms with Gasteiger partial charge in [-0.2, -0.15) is 11.3 Å². The van der Waals surface area contributed by atoms with Crippen molar-refractivity contribution in [2.45, 2.75) is 25.9 Å². The van der Waals surface area contributed by atoms with Crippen molar-refractivity contribution in [3.05, 3.63) is 39.0 Å². The fourth-order valence-corrected chi connectivity index (χ4v) is 2.91. The highest BCUT2D eigenvalue weighted by atomic mass is 32.1. The Morgan fingerprint density at radius 1 is 1.47 bits per heavy atom. The minimum atomic E-state index is 0.393. The number of thiophene rings is 1. The summed E-state index contributed by atoms with van der Waals surface area (Å²) >= 11 is 3.47. The molecule has 0 radical (unpaired) electrons. The van der Waals surface area contributed by atoms with Crippen LogP contribution in [0.3, 0.4) is 0 Å².